The van der Waals surface area contributed by atoms with Crippen molar-refractivity contribution in [1.82, 2.24) is 20.4 Å². The third kappa shape index (κ3) is 6.81. The standard InChI is InChI=1S/C36H46N4O7/c1-35(2,3)47-34(45)37-28-14-9-7-5-6-8-13-25-18-36(25,33(43)44)38-31(41)29-17-26(21-40(29)32(28)42)39-19-23-12-10-11-22-15-27(46-4)16-24(20-39)30(22)23/h8,10-13,15-16,25-26,28-29H,5-7,9,14,17-21H2,1-4H3,(H,37,45)(H,38,41)(H,43,44)/b13-8+/t25?,26-,28?,29?,36?/m1/s1. The number of ether oxygens (including phenoxy) is 2. The van der Waals surface area contributed by atoms with Crippen molar-refractivity contribution in [3.8, 4) is 5.75 Å². The van der Waals surface area contributed by atoms with E-state index < -0.39 is 41.2 Å². The van der Waals surface area contributed by atoms with Crippen LogP contribution in [0, 0.1) is 5.92 Å². The quantitative estimate of drug-likeness (QED) is 0.413. The minimum absolute atomic E-state index is 0.180. The molecule has 3 amide bonds. The molecule has 1 saturated heterocycles. The van der Waals surface area contributed by atoms with Gasteiger partial charge in [-0.15, -0.1) is 0 Å². The second-order valence-corrected chi connectivity index (χ2v) is 14.4. The molecule has 11 heteroatoms. The number of carboxylic acids is 1. The molecule has 4 aliphatic rings. The molecule has 2 aromatic rings. The van der Waals surface area contributed by atoms with Crippen LogP contribution in [0.25, 0.3) is 10.8 Å². The zero-order valence-corrected chi connectivity index (χ0v) is 27.7. The van der Waals surface area contributed by atoms with Crippen LogP contribution in [0.1, 0.15) is 76.8 Å². The number of hydrogen-bond acceptors (Lipinski definition) is 7. The molecule has 1 aliphatic carbocycles. The topological polar surface area (TPSA) is 138 Å². The molecule has 11 nitrogen and oxygen atoms in total. The number of amides is 3. The van der Waals surface area contributed by atoms with E-state index in [1.807, 2.05) is 30.4 Å². The Labute approximate surface area is 275 Å². The summed E-state index contributed by atoms with van der Waals surface area (Å²) in [5, 5.41) is 18.1. The van der Waals surface area contributed by atoms with Crippen molar-refractivity contribution < 1.29 is 33.8 Å². The van der Waals surface area contributed by atoms with Crippen LogP contribution >= 0.6 is 0 Å². The first-order chi connectivity index (χ1) is 22.4. The van der Waals surface area contributed by atoms with Gasteiger partial charge in [-0.25, -0.2) is 9.59 Å². The van der Waals surface area contributed by atoms with E-state index in [0.717, 1.165) is 41.5 Å². The van der Waals surface area contributed by atoms with Gasteiger partial charge in [-0.1, -0.05) is 43.2 Å². The van der Waals surface area contributed by atoms with Gasteiger partial charge in [-0.2, -0.15) is 0 Å². The first-order valence-corrected chi connectivity index (χ1v) is 16.7. The Bertz CT molecular complexity index is 1600. The van der Waals surface area contributed by atoms with Gasteiger partial charge in [-0.05, 0) is 86.9 Å². The minimum atomic E-state index is -1.38. The Kier molecular flexibility index (Phi) is 8.95. The van der Waals surface area contributed by atoms with Gasteiger partial charge in [0.1, 0.15) is 29.0 Å². The number of carboxylic acid groups (broad SMARTS) is 1. The van der Waals surface area contributed by atoms with Crippen LogP contribution in [0.4, 0.5) is 4.79 Å². The van der Waals surface area contributed by atoms with E-state index in [-0.39, 0.29) is 24.4 Å². The summed E-state index contributed by atoms with van der Waals surface area (Å²) >= 11 is 0. The zero-order valence-electron chi connectivity index (χ0n) is 27.7. The van der Waals surface area contributed by atoms with E-state index >= 15 is 0 Å². The van der Waals surface area contributed by atoms with Gasteiger partial charge in [0.2, 0.25) is 11.8 Å². The van der Waals surface area contributed by atoms with Gasteiger partial charge in [0.05, 0.1) is 7.11 Å². The fourth-order valence-electron chi connectivity index (χ4n) is 7.49. The molecule has 252 valence electrons. The van der Waals surface area contributed by atoms with Crippen molar-refractivity contribution in [2.24, 2.45) is 5.92 Å². The smallest absolute Gasteiger partial charge is 0.408 e. The molecular weight excluding hydrogens is 600 g/mol. The number of carbonyl (C=O) groups excluding carboxylic acids is 3. The van der Waals surface area contributed by atoms with Crippen LogP contribution in [0.5, 0.6) is 5.75 Å². The third-order valence-corrected chi connectivity index (χ3v) is 9.95. The summed E-state index contributed by atoms with van der Waals surface area (Å²) in [7, 11) is 1.65. The number of aliphatic carboxylic acids is 1. The first-order valence-electron chi connectivity index (χ1n) is 16.7. The van der Waals surface area contributed by atoms with Crippen molar-refractivity contribution in [3.63, 3.8) is 0 Å². The highest BCUT2D eigenvalue weighted by Crippen LogP contribution is 2.45. The van der Waals surface area contributed by atoms with E-state index in [9.17, 15) is 24.3 Å². The molecule has 2 fully saturated rings. The molecular formula is C36H46N4O7. The second kappa shape index (κ2) is 12.8. The molecule has 0 aromatic heterocycles. The fraction of sp³-hybridized carbons (Fsp3) is 0.556. The minimum Gasteiger partial charge on any atom is -0.497 e. The summed E-state index contributed by atoms with van der Waals surface area (Å²) in [4.78, 5) is 57.7. The summed E-state index contributed by atoms with van der Waals surface area (Å²) < 4.78 is 11.1. The first kappa shape index (κ1) is 32.8. The summed E-state index contributed by atoms with van der Waals surface area (Å²) in [5.74, 6) is -1.44. The van der Waals surface area contributed by atoms with E-state index in [4.69, 9.17) is 9.47 Å². The molecule has 3 aliphatic heterocycles. The summed E-state index contributed by atoms with van der Waals surface area (Å²) in [5.41, 5.74) is 0.143. The maximum absolute atomic E-state index is 14.4. The SMILES string of the molecule is COc1cc2c3c(cccc3c1)CN([C@@H]1CC3C(=O)NC4(C(=O)O)CC4/C=C/CCCCCC(NC(=O)OC(C)(C)C)C(=O)N3C1)C2. The van der Waals surface area contributed by atoms with Crippen LogP contribution < -0.4 is 15.4 Å². The number of methoxy groups -OCH3 is 1. The molecule has 0 bridgehead atoms. The molecule has 5 atom stereocenters. The van der Waals surface area contributed by atoms with E-state index in [1.54, 1.807) is 32.8 Å². The second-order valence-electron chi connectivity index (χ2n) is 14.4. The highest BCUT2D eigenvalue weighted by Gasteiger charge is 2.61. The van der Waals surface area contributed by atoms with Gasteiger partial charge in [0, 0.05) is 31.6 Å². The van der Waals surface area contributed by atoms with Crippen molar-refractivity contribution in [1.29, 1.82) is 0 Å². The monoisotopic (exact) mass is 646 g/mol. The van der Waals surface area contributed by atoms with Crippen LogP contribution in [0.3, 0.4) is 0 Å². The molecule has 1 saturated carbocycles. The molecule has 4 unspecified atom stereocenters. The predicted octanol–water partition coefficient (Wildman–Crippen LogP) is 4.51. The summed E-state index contributed by atoms with van der Waals surface area (Å²) in [6.07, 6.45) is 7.43. The van der Waals surface area contributed by atoms with Crippen molar-refractivity contribution in [2.75, 3.05) is 13.7 Å². The van der Waals surface area contributed by atoms with E-state index in [0.29, 0.717) is 38.8 Å². The number of carbonyl (C=O) groups is 4. The van der Waals surface area contributed by atoms with Gasteiger partial charge < -0.3 is 30.1 Å². The van der Waals surface area contributed by atoms with Gasteiger partial charge in [-0.3, -0.25) is 14.5 Å². The van der Waals surface area contributed by atoms with Gasteiger partial charge in [0.25, 0.3) is 0 Å². The lowest BCUT2D eigenvalue weighted by Gasteiger charge is -2.34. The molecule has 0 radical (unpaired) electrons. The average Bonchev–Trinajstić information content (AvgIpc) is 3.52. The molecule has 0 spiro atoms. The fourth-order valence-corrected chi connectivity index (χ4v) is 7.49. The number of rotatable bonds is 4. The predicted molar refractivity (Wildman–Crippen MR) is 176 cm³/mol. The van der Waals surface area contributed by atoms with Crippen molar-refractivity contribution in [3.05, 3.63) is 53.6 Å². The maximum atomic E-state index is 14.4. The Morgan fingerprint density at radius 2 is 1.87 bits per heavy atom. The number of alkyl carbamates (subject to hydrolysis) is 1. The highest BCUT2D eigenvalue weighted by atomic mass is 16.6. The molecule has 3 heterocycles. The van der Waals surface area contributed by atoms with E-state index in [1.165, 1.54) is 5.39 Å². The van der Waals surface area contributed by atoms with Crippen LogP contribution in [-0.4, -0.2) is 81.7 Å². The largest absolute Gasteiger partial charge is 0.497 e. The normalized spacial score (nSPS) is 29.1. The molecule has 2 aromatic carbocycles. The summed E-state index contributed by atoms with van der Waals surface area (Å²) in [6.45, 7) is 6.81. The van der Waals surface area contributed by atoms with Gasteiger partial charge in [0.15, 0.2) is 0 Å². The Hall–Kier alpha value is -4.12. The number of nitrogens with zero attached hydrogens (tertiary/aromatic N) is 2. The Morgan fingerprint density at radius 3 is 2.62 bits per heavy atom. The van der Waals surface area contributed by atoms with Crippen molar-refractivity contribution in [2.45, 2.75) is 108 Å². The maximum Gasteiger partial charge on any atom is 0.408 e. The number of hydrogen-bond donors (Lipinski definition) is 3. The highest BCUT2D eigenvalue weighted by molar-refractivity contribution is 5.96. The Balaban J connectivity index is 1.31. The van der Waals surface area contributed by atoms with Crippen LogP contribution in [0.15, 0.2) is 42.5 Å². The lowest BCUT2D eigenvalue weighted by molar-refractivity contribution is -0.145. The number of nitrogens with one attached hydrogen (secondary N) is 2. The van der Waals surface area contributed by atoms with Crippen molar-refractivity contribution >= 4 is 34.6 Å². The number of benzene rings is 2. The molecule has 47 heavy (non-hydrogen) atoms. The summed E-state index contributed by atoms with van der Waals surface area (Å²) in [6, 6.07) is 8.32. The van der Waals surface area contributed by atoms with Crippen LogP contribution in [0.2, 0.25) is 0 Å². The third-order valence-electron chi connectivity index (χ3n) is 9.95. The zero-order chi connectivity index (χ0) is 33.5. The average molecular weight is 647 g/mol. The molecule has 6 rings (SSSR count). The number of allylic oxidation sites excluding steroid dienone is 1. The number of fused-ring (bicyclic) bond motifs is 2. The lowest BCUT2D eigenvalue weighted by atomic mass is 9.93. The van der Waals surface area contributed by atoms with Crippen LogP contribution in [-0.2, 0) is 32.2 Å². The Morgan fingerprint density at radius 1 is 1.09 bits per heavy atom. The molecule has 3 N–H and O–H groups in total. The van der Waals surface area contributed by atoms with Gasteiger partial charge >= 0.3 is 12.1 Å². The van der Waals surface area contributed by atoms with E-state index in [2.05, 4.69) is 27.7 Å². The lowest BCUT2D eigenvalue weighted by Crippen LogP contribution is -2.56.